The van der Waals surface area contributed by atoms with Crippen molar-refractivity contribution in [2.24, 2.45) is 0 Å². The van der Waals surface area contributed by atoms with Gasteiger partial charge in [-0.15, -0.1) is 21.5 Å². The first-order chi connectivity index (χ1) is 13.7. The minimum atomic E-state index is -0.0848. The van der Waals surface area contributed by atoms with Crippen molar-refractivity contribution in [1.82, 2.24) is 15.1 Å². The maximum atomic E-state index is 13.1. The molecule has 1 aliphatic heterocycles. The maximum absolute atomic E-state index is 13.1. The first kappa shape index (κ1) is 18.5. The second-order valence-electron chi connectivity index (χ2n) is 6.55. The van der Waals surface area contributed by atoms with Crippen molar-refractivity contribution in [1.29, 1.82) is 0 Å². The third kappa shape index (κ3) is 3.47. The minimum Gasteiger partial charge on any atom is -0.493 e. The number of carbonyl (C=O) groups is 1. The van der Waals surface area contributed by atoms with Gasteiger partial charge in [0.05, 0.1) is 30.6 Å². The highest BCUT2D eigenvalue weighted by Crippen LogP contribution is 2.34. The molecule has 146 valence electrons. The fourth-order valence-corrected chi connectivity index (χ4v) is 4.13. The monoisotopic (exact) mass is 399 g/mol. The van der Waals surface area contributed by atoms with E-state index in [4.69, 9.17) is 13.9 Å². The molecule has 1 atom stereocenters. The predicted molar refractivity (Wildman–Crippen MR) is 105 cm³/mol. The van der Waals surface area contributed by atoms with Crippen molar-refractivity contribution < 1.29 is 18.7 Å². The normalized spacial score (nSPS) is 16.8. The Hall–Kier alpha value is -2.87. The summed E-state index contributed by atoms with van der Waals surface area (Å²) < 4.78 is 16.6. The number of hydrogen-bond donors (Lipinski definition) is 0. The van der Waals surface area contributed by atoms with E-state index in [1.807, 2.05) is 22.4 Å². The molecule has 0 saturated carbocycles. The van der Waals surface area contributed by atoms with E-state index in [-0.39, 0.29) is 11.8 Å². The van der Waals surface area contributed by atoms with Crippen LogP contribution in [0.15, 0.2) is 40.1 Å². The fourth-order valence-electron chi connectivity index (χ4n) is 3.49. The SMILES string of the molecule is COc1cccc(C(=O)N2CCCC(c3nnc(-c4cccs4)o3)C2)c1OC. The van der Waals surface area contributed by atoms with E-state index in [1.54, 1.807) is 36.6 Å². The Morgan fingerprint density at radius 2 is 2.11 bits per heavy atom. The highest BCUT2D eigenvalue weighted by atomic mass is 32.1. The van der Waals surface area contributed by atoms with Gasteiger partial charge in [-0.25, -0.2) is 0 Å². The van der Waals surface area contributed by atoms with E-state index in [2.05, 4.69) is 10.2 Å². The van der Waals surface area contributed by atoms with Crippen LogP contribution in [0.4, 0.5) is 0 Å². The van der Waals surface area contributed by atoms with E-state index >= 15 is 0 Å². The van der Waals surface area contributed by atoms with E-state index in [0.717, 1.165) is 17.7 Å². The summed E-state index contributed by atoms with van der Waals surface area (Å²) in [4.78, 5) is 15.9. The number of aromatic nitrogens is 2. The molecule has 1 aromatic carbocycles. The largest absolute Gasteiger partial charge is 0.493 e. The van der Waals surface area contributed by atoms with Gasteiger partial charge in [0, 0.05) is 13.1 Å². The lowest BCUT2D eigenvalue weighted by atomic mass is 9.97. The number of piperidine rings is 1. The third-order valence-electron chi connectivity index (χ3n) is 4.86. The summed E-state index contributed by atoms with van der Waals surface area (Å²) >= 11 is 1.56. The van der Waals surface area contributed by atoms with Crippen molar-refractivity contribution >= 4 is 17.2 Å². The standard InChI is InChI=1S/C20H21N3O4S/c1-25-15-8-3-7-14(17(15)26-2)20(24)23-10-4-6-13(12-23)18-21-22-19(27-18)16-9-5-11-28-16/h3,5,7-9,11,13H,4,6,10,12H2,1-2H3. The number of para-hydroxylation sites is 1. The molecule has 7 nitrogen and oxygen atoms in total. The number of thiophene rings is 1. The van der Waals surface area contributed by atoms with Crippen LogP contribution in [0.25, 0.3) is 10.8 Å². The van der Waals surface area contributed by atoms with Crippen molar-refractivity contribution in [2.75, 3.05) is 27.3 Å². The van der Waals surface area contributed by atoms with E-state index in [1.165, 1.54) is 7.11 Å². The van der Waals surface area contributed by atoms with Crippen LogP contribution in [0.1, 0.15) is 35.0 Å². The highest BCUT2D eigenvalue weighted by Gasteiger charge is 2.30. The van der Waals surface area contributed by atoms with E-state index in [9.17, 15) is 4.79 Å². The average Bonchev–Trinajstić information content (AvgIpc) is 3.44. The van der Waals surface area contributed by atoms with Crippen LogP contribution >= 0.6 is 11.3 Å². The van der Waals surface area contributed by atoms with Crippen LogP contribution in [0.2, 0.25) is 0 Å². The van der Waals surface area contributed by atoms with Gasteiger partial charge in [-0.2, -0.15) is 0 Å². The minimum absolute atomic E-state index is 0.0236. The number of methoxy groups -OCH3 is 2. The molecule has 1 unspecified atom stereocenters. The molecular weight excluding hydrogens is 378 g/mol. The Balaban J connectivity index is 1.54. The summed E-state index contributed by atoms with van der Waals surface area (Å²) in [7, 11) is 3.10. The number of amides is 1. The molecular formula is C20H21N3O4S. The van der Waals surface area contributed by atoms with Crippen LogP contribution in [0.5, 0.6) is 11.5 Å². The molecule has 1 aliphatic rings. The molecule has 28 heavy (non-hydrogen) atoms. The van der Waals surface area contributed by atoms with Gasteiger partial charge in [0.25, 0.3) is 11.8 Å². The summed E-state index contributed by atoms with van der Waals surface area (Å²) in [5.74, 6) is 2.05. The molecule has 3 heterocycles. The molecule has 0 spiro atoms. The Bertz CT molecular complexity index is 954. The van der Waals surface area contributed by atoms with Crippen molar-refractivity contribution in [2.45, 2.75) is 18.8 Å². The maximum Gasteiger partial charge on any atom is 0.257 e. The van der Waals surface area contributed by atoms with Gasteiger partial charge >= 0.3 is 0 Å². The van der Waals surface area contributed by atoms with Gasteiger partial charge in [-0.3, -0.25) is 4.79 Å². The van der Waals surface area contributed by atoms with Crippen molar-refractivity contribution in [3.63, 3.8) is 0 Å². The van der Waals surface area contributed by atoms with Crippen LogP contribution in [-0.2, 0) is 0 Å². The van der Waals surface area contributed by atoms with Crippen LogP contribution in [0, 0.1) is 0 Å². The Morgan fingerprint density at radius 1 is 1.21 bits per heavy atom. The number of likely N-dealkylation sites (tertiary alicyclic amines) is 1. The van der Waals surface area contributed by atoms with Gasteiger partial charge < -0.3 is 18.8 Å². The molecule has 0 radical (unpaired) electrons. The predicted octanol–water partition coefficient (Wildman–Crippen LogP) is 3.84. The summed E-state index contributed by atoms with van der Waals surface area (Å²) in [5, 5.41) is 10.4. The Labute approximate surface area is 166 Å². The molecule has 8 heteroatoms. The fraction of sp³-hybridized carbons (Fsp3) is 0.350. The van der Waals surface area contributed by atoms with Gasteiger partial charge in [0.15, 0.2) is 11.5 Å². The van der Waals surface area contributed by atoms with Crippen molar-refractivity contribution in [3.05, 3.63) is 47.2 Å². The number of ether oxygens (including phenoxy) is 2. The topological polar surface area (TPSA) is 77.7 Å². The summed E-state index contributed by atoms with van der Waals surface area (Å²) in [6, 6.07) is 9.23. The molecule has 0 bridgehead atoms. The molecule has 0 N–H and O–H groups in total. The summed E-state index contributed by atoms with van der Waals surface area (Å²) in [6.45, 7) is 1.22. The smallest absolute Gasteiger partial charge is 0.257 e. The zero-order chi connectivity index (χ0) is 19.5. The van der Waals surface area contributed by atoms with Crippen LogP contribution < -0.4 is 9.47 Å². The van der Waals surface area contributed by atoms with Crippen LogP contribution in [-0.4, -0.2) is 48.3 Å². The lowest BCUT2D eigenvalue weighted by Gasteiger charge is -2.31. The molecule has 1 amide bonds. The Morgan fingerprint density at radius 3 is 2.86 bits per heavy atom. The number of carbonyl (C=O) groups excluding carboxylic acids is 1. The first-order valence-corrected chi connectivity index (χ1v) is 9.96. The second-order valence-corrected chi connectivity index (χ2v) is 7.50. The van der Waals surface area contributed by atoms with Gasteiger partial charge in [0.1, 0.15) is 0 Å². The second kappa shape index (κ2) is 8.02. The molecule has 1 fully saturated rings. The zero-order valence-corrected chi connectivity index (χ0v) is 16.6. The van der Waals surface area contributed by atoms with Crippen molar-refractivity contribution in [3.8, 4) is 22.3 Å². The Kier molecular flexibility index (Phi) is 5.29. The van der Waals surface area contributed by atoms with Gasteiger partial charge in [-0.05, 0) is 36.4 Å². The summed E-state index contributed by atoms with van der Waals surface area (Å²) in [6.07, 6.45) is 1.78. The number of benzene rings is 1. The lowest BCUT2D eigenvalue weighted by Crippen LogP contribution is -2.39. The van der Waals surface area contributed by atoms with Crippen LogP contribution in [0.3, 0.4) is 0 Å². The molecule has 0 aliphatic carbocycles. The molecule has 4 rings (SSSR count). The summed E-state index contributed by atoms with van der Waals surface area (Å²) in [5.41, 5.74) is 0.493. The van der Waals surface area contributed by atoms with E-state index < -0.39 is 0 Å². The molecule has 2 aromatic heterocycles. The third-order valence-corrected chi connectivity index (χ3v) is 5.72. The number of nitrogens with zero attached hydrogens (tertiary/aromatic N) is 3. The highest BCUT2D eigenvalue weighted by molar-refractivity contribution is 7.13. The molecule has 1 saturated heterocycles. The zero-order valence-electron chi connectivity index (χ0n) is 15.8. The van der Waals surface area contributed by atoms with Gasteiger partial charge in [0.2, 0.25) is 5.89 Å². The lowest BCUT2D eigenvalue weighted by molar-refractivity contribution is 0.0694. The van der Waals surface area contributed by atoms with Gasteiger partial charge in [-0.1, -0.05) is 12.1 Å². The quantitative estimate of drug-likeness (QED) is 0.649. The first-order valence-electron chi connectivity index (χ1n) is 9.08. The average molecular weight is 399 g/mol. The molecule has 3 aromatic rings. The van der Waals surface area contributed by atoms with E-state index in [0.29, 0.717) is 41.9 Å². The number of rotatable bonds is 5. The number of hydrogen-bond acceptors (Lipinski definition) is 7.